The average molecular weight is 303 g/mol. The van der Waals surface area contributed by atoms with E-state index in [1.165, 1.54) is 0 Å². The smallest absolute Gasteiger partial charge is 0.407 e. The van der Waals surface area contributed by atoms with Crippen LogP contribution in [0.25, 0.3) is 0 Å². The van der Waals surface area contributed by atoms with Gasteiger partial charge in [-0.05, 0) is 42.4 Å². The molecule has 0 fully saturated rings. The number of fused-ring (bicyclic) bond motifs is 1. The lowest BCUT2D eigenvalue weighted by Gasteiger charge is -2.21. The van der Waals surface area contributed by atoms with Crippen LogP contribution in [-0.4, -0.2) is 19.5 Å². The predicted molar refractivity (Wildman–Crippen MR) is 81.8 cm³/mol. The molecule has 1 amide bonds. The first kappa shape index (κ1) is 14.8. The second kappa shape index (κ2) is 6.73. The minimum atomic E-state index is -0.375. The lowest BCUT2D eigenvalue weighted by Crippen LogP contribution is -2.26. The van der Waals surface area contributed by atoms with Crippen LogP contribution in [0.2, 0.25) is 0 Å². The molecule has 2 atom stereocenters. The van der Waals surface area contributed by atoms with Crippen LogP contribution in [-0.2, 0) is 11.3 Å². The molecule has 5 heteroatoms. The summed E-state index contributed by atoms with van der Waals surface area (Å²) in [6.45, 7) is 3.32. The van der Waals surface area contributed by atoms with Crippen LogP contribution in [0.5, 0.6) is 11.5 Å². The number of hydrogen-bond donors (Lipinski definition) is 1. The third-order valence-corrected chi connectivity index (χ3v) is 3.96. The standard InChI is InChI=1S/C17H21NO4/c1-12-3-2-4-14(7-12)10-20-17(19)18-9-13-5-6-15-16(8-13)22-11-21-15/h2-3,5-6,8,12,14H,4,7,9-11H2,1H3,(H,18,19). The zero-order valence-electron chi connectivity index (χ0n) is 12.7. The highest BCUT2D eigenvalue weighted by atomic mass is 16.7. The number of hydrogen-bond acceptors (Lipinski definition) is 4. The quantitative estimate of drug-likeness (QED) is 0.868. The molecule has 0 aromatic heterocycles. The number of carbonyl (C=O) groups excluding carboxylic acids is 1. The first-order valence-electron chi connectivity index (χ1n) is 7.66. The Bertz CT molecular complexity index is 570. The Labute approximate surface area is 130 Å². The predicted octanol–water partition coefficient (Wildman–Crippen LogP) is 3.24. The number of alkyl carbamates (subject to hydrolysis) is 1. The van der Waals surface area contributed by atoms with Crippen molar-refractivity contribution in [3.8, 4) is 11.5 Å². The molecule has 0 saturated heterocycles. The zero-order chi connectivity index (χ0) is 15.4. The highest BCUT2D eigenvalue weighted by Gasteiger charge is 2.17. The lowest BCUT2D eigenvalue weighted by molar-refractivity contribution is 0.120. The SMILES string of the molecule is CC1C=CCC(COC(=O)NCc2ccc3c(c2)OCO3)C1. The normalized spacial score (nSPS) is 22.4. The molecule has 0 bridgehead atoms. The summed E-state index contributed by atoms with van der Waals surface area (Å²) in [4.78, 5) is 11.8. The van der Waals surface area contributed by atoms with Gasteiger partial charge in [-0.1, -0.05) is 25.1 Å². The van der Waals surface area contributed by atoms with Crippen molar-refractivity contribution in [2.24, 2.45) is 11.8 Å². The maximum absolute atomic E-state index is 11.8. The highest BCUT2D eigenvalue weighted by Crippen LogP contribution is 2.32. The molecule has 5 nitrogen and oxygen atoms in total. The van der Waals surface area contributed by atoms with E-state index in [1.807, 2.05) is 18.2 Å². The van der Waals surface area contributed by atoms with Gasteiger partial charge < -0.3 is 19.5 Å². The molecule has 3 rings (SSSR count). The van der Waals surface area contributed by atoms with Crippen LogP contribution in [0.15, 0.2) is 30.4 Å². The van der Waals surface area contributed by atoms with Crippen LogP contribution < -0.4 is 14.8 Å². The third-order valence-electron chi connectivity index (χ3n) is 3.96. The van der Waals surface area contributed by atoms with Crippen molar-refractivity contribution in [1.82, 2.24) is 5.32 Å². The first-order chi connectivity index (χ1) is 10.7. The molecule has 0 spiro atoms. The summed E-state index contributed by atoms with van der Waals surface area (Å²) in [5.41, 5.74) is 0.954. The lowest BCUT2D eigenvalue weighted by atomic mass is 9.88. The van der Waals surface area contributed by atoms with Gasteiger partial charge in [0, 0.05) is 6.54 Å². The van der Waals surface area contributed by atoms with Gasteiger partial charge in [0.1, 0.15) is 0 Å². The first-order valence-corrected chi connectivity index (χ1v) is 7.66. The van der Waals surface area contributed by atoms with Gasteiger partial charge in [-0.2, -0.15) is 0 Å². The van der Waals surface area contributed by atoms with Crippen molar-refractivity contribution in [3.05, 3.63) is 35.9 Å². The Balaban J connectivity index is 1.41. The van der Waals surface area contributed by atoms with E-state index in [2.05, 4.69) is 24.4 Å². The van der Waals surface area contributed by atoms with Crippen LogP contribution in [0, 0.1) is 11.8 Å². The van der Waals surface area contributed by atoms with E-state index in [9.17, 15) is 4.79 Å². The molecule has 0 radical (unpaired) electrons. The monoisotopic (exact) mass is 303 g/mol. The van der Waals surface area contributed by atoms with Gasteiger partial charge >= 0.3 is 6.09 Å². The molecular formula is C17H21NO4. The zero-order valence-corrected chi connectivity index (χ0v) is 12.7. The highest BCUT2D eigenvalue weighted by molar-refractivity contribution is 5.67. The summed E-state index contributed by atoms with van der Waals surface area (Å²) in [6, 6.07) is 5.62. The van der Waals surface area contributed by atoms with Crippen molar-refractivity contribution < 1.29 is 19.0 Å². The molecule has 22 heavy (non-hydrogen) atoms. The maximum Gasteiger partial charge on any atom is 0.407 e. The minimum Gasteiger partial charge on any atom is -0.454 e. The number of ether oxygens (including phenoxy) is 3. The molecule has 0 saturated carbocycles. The number of rotatable bonds is 4. The van der Waals surface area contributed by atoms with Crippen molar-refractivity contribution in [2.45, 2.75) is 26.3 Å². The largest absolute Gasteiger partial charge is 0.454 e. The van der Waals surface area contributed by atoms with E-state index in [0.717, 1.165) is 29.9 Å². The van der Waals surface area contributed by atoms with E-state index >= 15 is 0 Å². The molecule has 1 heterocycles. The minimum absolute atomic E-state index is 0.252. The Kier molecular flexibility index (Phi) is 4.51. The van der Waals surface area contributed by atoms with Crippen LogP contribution in [0.4, 0.5) is 4.79 Å². The van der Waals surface area contributed by atoms with Gasteiger partial charge in [0.25, 0.3) is 0 Å². The van der Waals surface area contributed by atoms with Crippen LogP contribution in [0.1, 0.15) is 25.3 Å². The van der Waals surface area contributed by atoms with E-state index < -0.39 is 0 Å². The summed E-state index contributed by atoms with van der Waals surface area (Å²) in [6.07, 6.45) is 6.08. The molecule has 1 aromatic rings. The number of amides is 1. The molecule has 2 aliphatic rings. The molecular weight excluding hydrogens is 282 g/mol. The fraction of sp³-hybridized carbons (Fsp3) is 0.471. The van der Waals surface area contributed by atoms with Gasteiger partial charge in [-0.25, -0.2) is 4.79 Å². The Morgan fingerprint density at radius 2 is 2.23 bits per heavy atom. The van der Waals surface area contributed by atoms with E-state index in [1.54, 1.807) is 0 Å². The van der Waals surface area contributed by atoms with Crippen molar-refractivity contribution >= 4 is 6.09 Å². The average Bonchev–Trinajstić information content (AvgIpc) is 2.98. The van der Waals surface area contributed by atoms with E-state index in [-0.39, 0.29) is 12.9 Å². The Hall–Kier alpha value is -2.17. The number of carbonyl (C=O) groups is 1. The molecule has 118 valence electrons. The van der Waals surface area contributed by atoms with Gasteiger partial charge in [-0.15, -0.1) is 0 Å². The van der Waals surface area contributed by atoms with Gasteiger partial charge in [0.2, 0.25) is 6.79 Å². The molecule has 1 aliphatic heterocycles. The Morgan fingerprint density at radius 1 is 1.36 bits per heavy atom. The number of benzene rings is 1. The molecule has 2 unspecified atom stereocenters. The van der Waals surface area contributed by atoms with E-state index in [4.69, 9.17) is 14.2 Å². The summed E-state index contributed by atoms with van der Waals surface area (Å²) >= 11 is 0. The van der Waals surface area contributed by atoms with Crippen LogP contribution >= 0.6 is 0 Å². The van der Waals surface area contributed by atoms with Crippen molar-refractivity contribution in [2.75, 3.05) is 13.4 Å². The van der Waals surface area contributed by atoms with Crippen molar-refractivity contribution in [3.63, 3.8) is 0 Å². The number of nitrogens with one attached hydrogen (secondary N) is 1. The molecule has 1 aromatic carbocycles. The Morgan fingerprint density at radius 3 is 3.09 bits per heavy atom. The number of allylic oxidation sites excluding steroid dienone is 2. The summed E-state index contributed by atoms with van der Waals surface area (Å²) in [5, 5.41) is 2.77. The molecule has 1 N–H and O–H groups in total. The van der Waals surface area contributed by atoms with Gasteiger partial charge in [0.15, 0.2) is 11.5 Å². The van der Waals surface area contributed by atoms with Gasteiger partial charge in [-0.3, -0.25) is 0 Å². The molecule has 1 aliphatic carbocycles. The second-order valence-electron chi connectivity index (χ2n) is 5.88. The summed E-state index contributed by atoms with van der Waals surface area (Å²) < 4.78 is 15.9. The second-order valence-corrected chi connectivity index (χ2v) is 5.88. The maximum atomic E-state index is 11.8. The summed E-state index contributed by atoms with van der Waals surface area (Å²) in [7, 11) is 0. The van der Waals surface area contributed by atoms with E-state index in [0.29, 0.717) is 25.0 Å². The van der Waals surface area contributed by atoms with Crippen molar-refractivity contribution in [1.29, 1.82) is 0 Å². The van der Waals surface area contributed by atoms with Gasteiger partial charge in [0.05, 0.1) is 6.61 Å². The topological polar surface area (TPSA) is 56.8 Å². The van der Waals surface area contributed by atoms with Crippen LogP contribution in [0.3, 0.4) is 0 Å². The fourth-order valence-corrected chi connectivity index (χ4v) is 2.81. The third kappa shape index (κ3) is 3.72. The fourth-order valence-electron chi connectivity index (χ4n) is 2.81. The summed E-state index contributed by atoms with van der Waals surface area (Å²) in [5.74, 6) is 2.46.